The predicted molar refractivity (Wildman–Crippen MR) is 148 cm³/mol. The van der Waals surface area contributed by atoms with Gasteiger partial charge in [-0.25, -0.2) is 9.97 Å². The van der Waals surface area contributed by atoms with Crippen LogP contribution in [0.5, 0.6) is 0 Å². The summed E-state index contributed by atoms with van der Waals surface area (Å²) in [6.07, 6.45) is -0.400. The molecule has 0 amide bonds. The normalized spacial score (nSPS) is 12.2. The summed E-state index contributed by atoms with van der Waals surface area (Å²) in [5.41, 5.74) is 2.10. The molecule has 0 radical (unpaired) electrons. The number of rotatable bonds is 6. The summed E-state index contributed by atoms with van der Waals surface area (Å²) in [7, 11) is 3.65. The molecule has 0 spiro atoms. The van der Waals surface area contributed by atoms with E-state index in [-0.39, 0.29) is 6.42 Å². The highest BCUT2D eigenvalue weighted by Gasteiger charge is 2.40. The number of alkyl halides is 3. The lowest BCUT2D eigenvalue weighted by atomic mass is 9.85. The van der Waals surface area contributed by atoms with Crippen molar-refractivity contribution in [3.05, 3.63) is 111 Å². The van der Waals surface area contributed by atoms with E-state index in [1.165, 1.54) is 12.1 Å². The van der Waals surface area contributed by atoms with Crippen molar-refractivity contribution in [1.82, 2.24) is 24.1 Å². The van der Waals surface area contributed by atoms with Crippen LogP contribution in [-0.4, -0.2) is 29.2 Å². The average molecular weight is 559 g/mol. The van der Waals surface area contributed by atoms with Crippen LogP contribution in [0.25, 0.3) is 10.9 Å². The first-order valence-electron chi connectivity index (χ1n) is 13.1. The van der Waals surface area contributed by atoms with Crippen LogP contribution in [0.3, 0.4) is 0 Å². The fourth-order valence-electron chi connectivity index (χ4n) is 5.31. The van der Waals surface area contributed by atoms with Gasteiger partial charge in [-0.3, -0.25) is 4.98 Å². The number of hydrogen-bond acceptors (Lipinski definition) is 5. The lowest BCUT2D eigenvalue weighted by Gasteiger charge is -2.30. The molecule has 7 nitrogen and oxygen atoms in total. The Bertz CT molecular complexity index is 1760. The molecule has 5 aromatic rings. The molecule has 0 fully saturated rings. The number of aryl methyl sites for hydroxylation is 3. The fourth-order valence-corrected chi connectivity index (χ4v) is 5.31. The molecule has 0 saturated heterocycles. The van der Waals surface area contributed by atoms with Crippen molar-refractivity contribution in [2.45, 2.75) is 45.4 Å². The van der Waals surface area contributed by atoms with Gasteiger partial charge in [0.25, 0.3) is 0 Å². The molecule has 0 aliphatic carbocycles. The lowest BCUT2D eigenvalue weighted by molar-refractivity contribution is -0.137. The SMILES string of the molecule is CCc1nc2ccc(C(O)(c3cnc(C)n3C)c3cnc(C)n3C)cc2c(C#N)c1Cc1ccc(C(F)(F)F)cc1. The second-order valence-electron chi connectivity index (χ2n) is 10.2. The average Bonchev–Trinajstić information content (AvgIpc) is 3.47. The van der Waals surface area contributed by atoms with E-state index in [0.29, 0.717) is 68.3 Å². The van der Waals surface area contributed by atoms with Crippen molar-refractivity contribution >= 4 is 10.9 Å². The summed E-state index contributed by atoms with van der Waals surface area (Å²) in [5.74, 6) is 1.42. The number of benzene rings is 2. The summed E-state index contributed by atoms with van der Waals surface area (Å²) >= 11 is 0. The number of imidazole rings is 2. The van der Waals surface area contributed by atoms with Crippen LogP contribution >= 0.6 is 0 Å². The van der Waals surface area contributed by atoms with E-state index in [4.69, 9.17) is 4.98 Å². The van der Waals surface area contributed by atoms with E-state index in [2.05, 4.69) is 16.0 Å². The molecule has 0 aliphatic heterocycles. The first-order chi connectivity index (χ1) is 19.4. The zero-order chi connectivity index (χ0) is 29.7. The highest BCUT2D eigenvalue weighted by molar-refractivity contribution is 5.87. The summed E-state index contributed by atoms with van der Waals surface area (Å²) in [5, 5.41) is 23.4. The molecule has 41 heavy (non-hydrogen) atoms. The smallest absolute Gasteiger partial charge is 0.373 e. The molecule has 0 unspecified atom stereocenters. The largest absolute Gasteiger partial charge is 0.416 e. The van der Waals surface area contributed by atoms with Gasteiger partial charge in [0.2, 0.25) is 0 Å². The molecule has 0 atom stereocenters. The van der Waals surface area contributed by atoms with Crippen LogP contribution in [0.4, 0.5) is 13.2 Å². The summed E-state index contributed by atoms with van der Waals surface area (Å²) < 4.78 is 42.9. The highest BCUT2D eigenvalue weighted by Crippen LogP contribution is 2.39. The van der Waals surface area contributed by atoms with E-state index in [9.17, 15) is 23.5 Å². The van der Waals surface area contributed by atoms with Crippen molar-refractivity contribution in [2.24, 2.45) is 14.1 Å². The Labute approximate surface area is 235 Å². The number of pyridine rings is 1. The van der Waals surface area contributed by atoms with E-state index in [0.717, 1.165) is 12.1 Å². The van der Waals surface area contributed by atoms with Gasteiger partial charge in [-0.15, -0.1) is 0 Å². The Morgan fingerprint density at radius 1 is 0.902 bits per heavy atom. The number of hydrogen-bond donors (Lipinski definition) is 1. The minimum atomic E-state index is -4.43. The summed E-state index contributed by atoms with van der Waals surface area (Å²) in [6.45, 7) is 5.61. The molecule has 3 aromatic heterocycles. The Hall–Kier alpha value is -4.49. The van der Waals surface area contributed by atoms with Crippen LogP contribution in [0.1, 0.15) is 63.5 Å². The van der Waals surface area contributed by atoms with E-state index in [1.54, 1.807) is 30.6 Å². The molecule has 5 rings (SSSR count). The molecule has 0 saturated carbocycles. The molecule has 3 heterocycles. The third-order valence-electron chi connectivity index (χ3n) is 7.88. The van der Waals surface area contributed by atoms with E-state index in [1.807, 2.05) is 44.0 Å². The van der Waals surface area contributed by atoms with Gasteiger partial charge < -0.3 is 14.2 Å². The first kappa shape index (κ1) is 28.1. The van der Waals surface area contributed by atoms with Gasteiger partial charge in [-0.2, -0.15) is 18.4 Å². The minimum absolute atomic E-state index is 0.240. The van der Waals surface area contributed by atoms with Gasteiger partial charge in [0.1, 0.15) is 17.7 Å². The summed E-state index contributed by atoms with van der Waals surface area (Å²) in [6, 6.07) is 12.6. The number of nitriles is 1. The molecular formula is C31H29F3N6O. The van der Waals surface area contributed by atoms with Gasteiger partial charge in [0.05, 0.1) is 40.4 Å². The van der Waals surface area contributed by atoms with Gasteiger partial charge in [-0.05, 0) is 61.2 Å². The molecule has 10 heteroatoms. The third kappa shape index (κ3) is 4.66. The van der Waals surface area contributed by atoms with Crippen LogP contribution in [0, 0.1) is 25.2 Å². The number of halogens is 3. The maximum atomic E-state index is 13.1. The van der Waals surface area contributed by atoms with E-state index >= 15 is 0 Å². The van der Waals surface area contributed by atoms with Crippen molar-refractivity contribution in [1.29, 1.82) is 5.26 Å². The number of aromatic nitrogens is 5. The fraction of sp³-hybridized carbons (Fsp3) is 0.290. The Balaban J connectivity index is 1.72. The van der Waals surface area contributed by atoms with Crippen molar-refractivity contribution < 1.29 is 18.3 Å². The van der Waals surface area contributed by atoms with Crippen molar-refractivity contribution in [2.75, 3.05) is 0 Å². The standard InChI is InChI=1S/C31H29F3N6O/c1-6-26-23(13-20-7-9-21(10-8-20)31(32,33)34)25(15-35)24-14-22(11-12-27(24)38-26)30(41,28-16-36-18(2)39(28)4)29-17-37-19(3)40(29)5/h7-12,14,16-17,41H,6,13H2,1-5H3. The Morgan fingerprint density at radius 2 is 1.46 bits per heavy atom. The van der Waals surface area contributed by atoms with Crippen LogP contribution in [0.2, 0.25) is 0 Å². The zero-order valence-electron chi connectivity index (χ0n) is 23.4. The topological polar surface area (TPSA) is 92.6 Å². The van der Waals surface area contributed by atoms with Gasteiger partial charge in [0.15, 0.2) is 5.60 Å². The second-order valence-corrected chi connectivity index (χ2v) is 10.2. The molecule has 0 aliphatic rings. The van der Waals surface area contributed by atoms with Crippen molar-refractivity contribution in [3.8, 4) is 6.07 Å². The Morgan fingerprint density at radius 3 is 1.93 bits per heavy atom. The Kier molecular flexibility index (Phi) is 6.95. The van der Waals surface area contributed by atoms with Gasteiger partial charge >= 0.3 is 6.18 Å². The maximum Gasteiger partial charge on any atom is 0.416 e. The first-order valence-corrected chi connectivity index (χ1v) is 13.1. The zero-order valence-corrected chi connectivity index (χ0v) is 23.4. The summed E-state index contributed by atoms with van der Waals surface area (Å²) in [4.78, 5) is 13.6. The molecular weight excluding hydrogens is 529 g/mol. The van der Waals surface area contributed by atoms with Crippen molar-refractivity contribution in [3.63, 3.8) is 0 Å². The lowest BCUT2D eigenvalue weighted by Crippen LogP contribution is -2.33. The molecule has 210 valence electrons. The third-order valence-corrected chi connectivity index (χ3v) is 7.88. The maximum absolute atomic E-state index is 13.1. The second kappa shape index (κ2) is 10.2. The number of fused-ring (bicyclic) bond motifs is 1. The molecule has 0 bridgehead atoms. The van der Waals surface area contributed by atoms with Gasteiger partial charge in [-0.1, -0.05) is 25.1 Å². The molecule has 1 N–H and O–H groups in total. The quantitative estimate of drug-likeness (QED) is 0.291. The predicted octanol–water partition coefficient (Wildman–Crippen LogP) is 5.65. The minimum Gasteiger partial charge on any atom is -0.373 e. The highest BCUT2D eigenvalue weighted by atomic mass is 19.4. The van der Waals surface area contributed by atoms with Crippen LogP contribution in [-0.2, 0) is 38.7 Å². The number of aliphatic hydroxyl groups is 1. The number of nitrogens with zero attached hydrogens (tertiary/aromatic N) is 6. The van der Waals surface area contributed by atoms with E-state index < -0.39 is 17.3 Å². The van der Waals surface area contributed by atoms with Crippen LogP contribution < -0.4 is 0 Å². The van der Waals surface area contributed by atoms with Gasteiger partial charge in [0, 0.05) is 31.6 Å². The monoisotopic (exact) mass is 558 g/mol. The van der Waals surface area contributed by atoms with Crippen LogP contribution in [0.15, 0.2) is 54.9 Å². The molecule has 2 aromatic carbocycles.